The van der Waals surface area contributed by atoms with Crippen molar-refractivity contribution in [2.45, 2.75) is 25.7 Å². The fourth-order valence-electron chi connectivity index (χ4n) is 4.07. The van der Waals surface area contributed by atoms with Crippen molar-refractivity contribution in [3.05, 3.63) is 59.2 Å². The van der Waals surface area contributed by atoms with E-state index in [1.807, 2.05) is 30.4 Å². The number of ketones is 2. The van der Waals surface area contributed by atoms with Gasteiger partial charge < -0.3 is 0 Å². The van der Waals surface area contributed by atoms with Gasteiger partial charge in [0, 0.05) is 23.0 Å². The van der Waals surface area contributed by atoms with Gasteiger partial charge in [0.2, 0.25) is 0 Å². The number of hydrogen-bond donors (Lipinski definition) is 0. The van der Waals surface area contributed by atoms with Gasteiger partial charge in [0.05, 0.1) is 0 Å². The summed E-state index contributed by atoms with van der Waals surface area (Å²) in [7, 11) is 0. The van der Waals surface area contributed by atoms with E-state index in [2.05, 4.69) is 6.58 Å². The van der Waals surface area contributed by atoms with Crippen LogP contribution in [-0.4, -0.2) is 11.6 Å². The summed E-state index contributed by atoms with van der Waals surface area (Å²) in [5, 5.41) is 0. The van der Waals surface area contributed by atoms with Gasteiger partial charge in [0.1, 0.15) is 0 Å². The molecule has 0 aliphatic heterocycles. The zero-order valence-corrected chi connectivity index (χ0v) is 12.0. The second-order valence-corrected chi connectivity index (χ2v) is 6.45. The third-order valence-electron chi connectivity index (χ3n) is 5.27. The Labute approximate surface area is 124 Å². The predicted octanol–water partition coefficient (Wildman–Crippen LogP) is 3.55. The van der Waals surface area contributed by atoms with Gasteiger partial charge in [-0.05, 0) is 54.9 Å². The molecule has 106 valence electrons. The summed E-state index contributed by atoms with van der Waals surface area (Å²) in [6.45, 7) is 3.87. The maximum absolute atomic E-state index is 12.7. The van der Waals surface area contributed by atoms with Crippen LogP contribution in [0.2, 0.25) is 0 Å². The Balaban J connectivity index is 1.83. The molecule has 0 N–H and O–H groups in total. The molecule has 1 unspecified atom stereocenters. The molecule has 0 radical (unpaired) electrons. The average molecular weight is 278 g/mol. The van der Waals surface area contributed by atoms with Crippen LogP contribution < -0.4 is 0 Å². The standard InChI is InChI=1S/C19H18O2/c1-2-11-7-12-9-16-17(10-13(12)8-11)19(21)15-6-4-3-5-14(15)18(16)20/h2-4,9-11,14-15H,1,5-8H2/t11?,14-,15+. The molecule has 3 aliphatic rings. The molecule has 2 heteroatoms. The first-order valence-corrected chi connectivity index (χ1v) is 7.71. The number of allylic oxidation sites excluding steroid dienone is 3. The van der Waals surface area contributed by atoms with Gasteiger partial charge in [0.25, 0.3) is 0 Å². The van der Waals surface area contributed by atoms with Crippen molar-refractivity contribution < 1.29 is 9.59 Å². The first-order chi connectivity index (χ1) is 10.2. The van der Waals surface area contributed by atoms with Crippen molar-refractivity contribution in [3.63, 3.8) is 0 Å². The Morgan fingerprint density at radius 2 is 1.38 bits per heavy atom. The Morgan fingerprint density at radius 1 is 0.905 bits per heavy atom. The minimum Gasteiger partial charge on any atom is -0.294 e. The van der Waals surface area contributed by atoms with E-state index < -0.39 is 0 Å². The lowest BCUT2D eigenvalue weighted by Crippen LogP contribution is -2.37. The van der Waals surface area contributed by atoms with Gasteiger partial charge in [-0.2, -0.15) is 0 Å². The Kier molecular flexibility index (Phi) is 2.75. The molecule has 0 fully saturated rings. The maximum atomic E-state index is 12.7. The number of carbonyl (C=O) groups excluding carboxylic acids is 2. The fraction of sp³-hybridized carbons (Fsp3) is 0.368. The molecule has 21 heavy (non-hydrogen) atoms. The highest BCUT2D eigenvalue weighted by molar-refractivity contribution is 6.16. The third kappa shape index (κ3) is 1.78. The zero-order chi connectivity index (χ0) is 14.6. The van der Waals surface area contributed by atoms with Crippen molar-refractivity contribution >= 4 is 11.6 Å². The highest BCUT2D eigenvalue weighted by Crippen LogP contribution is 2.40. The van der Waals surface area contributed by atoms with E-state index in [1.165, 1.54) is 11.1 Å². The third-order valence-corrected chi connectivity index (χ3v) is 5.27. The van der Waals surface area contributed by atoms with Crippen molar-refractivity contribution in [2.75, 3.05) is 0 Å². The summed E-state index contributed by atoms with van der Waals surface area (Å²) < 4.78 is 0. The molecular formula is C19H18O2. The van der Waals surface area contributed by atoms with Crippen molar-refractivity contribution in [1.29, 1.82) is 0 Å². The first kappa shape index (κ1) is 12.8. The second-order valence-electron chi connectivity index (χ2n) is 6.45. The van der Waals surface area contributed by atoms with Crippen molar-refractivity contribution in [1.82, 2.24) is 0 Å². The molecule has 0 spiro atoms. The molecule has 0 heterocycles. The highest BCUT2D eigenvalue weighted by Gasteiger charge is 2.42. The van der Waals surface area contributed by atoms with Crippen molar-refractivity contribution in [3.8, 4) is 0 Å². The summed E-state index contributed by atoms with van der Waals surface area (Å²) >= 11 is 0. The fourth-order valence-corrected chi connectivity index (χ4v) is 4.07. The molecule has 1 aromatic rings. The van der Waals surface area contributed by atoms with Crippen LogP contribution in [-0.2, 0) is 12.8 Å². The summed E-state index contributed by atoms with van der Waals surface area (Å²) in [4.78, 5) is 25.5. The van der Waals surface area contributed by atoms with E-state index in [1.54, 1.807) is 0 Å². The number of rotatable bonds is 1. The Hall–Kier alpha value is -1.96. The smallest absolute Gasteiger partial charge is 0.167 e. The molecule has 4 rings (SSSR count). The normalized spacial score (nSPS) is 29.8. The van der Waals surface area contributed by atoms with Crippen LogP contribution in [0.1, 0.15) is 44.7 Å². The van der Waals surface area contributed by atoms with E-state index in [0.717, 1.165) is 12.8 Å². The minimum absolute atomic E-state index is 0.135. The van der Waals surface area contributed by atoms with Gasteiger partial charge in [-0.1, -0.05) is 18.2 Å². The van der Waals surface area contributed by atoms with Gasteiger partial charge in [-0.15, -0.1) is 6.58 Å². The molecular weight excluding hydrogens is 260 g/mol. The maximum Gasteiger partial charge on any atom is 0.167 e. The quantitative estimate of drug-likeness (QED) is 0.736. The molecule has 0 amide bonds. The lowest BCUT2D eigenvalue weighted by molar-refractivity contribution is 0.0729. The van der Waals surface area contributed by atoms with Crippen LogP contribution in [0.4, 0.5) is 0 Å². The average Bonchev–Trinajstić information content (AvgIpc) is 2.93. The monoisotopic (exact) mass is 278 g/mol. The minimum atomic E-state index is -0.135. The first-order valence-electron chi connectivity index (χ1n) is 7.71. The van der Waals surface area contributed by atoms with Gasteiger partial charge >= 0.3 is 0 Å². The lowest BCUT2D eigenvalue weighted by atomic mass is 9.69. The van der Waals surface area contributed by atoms with E-state index in [0.29, 0.717) is 29.9 Å². The van der Waals surface area contributed by atoms with Crippen LogP contribution >= 0.6 is 0 Å². The molecule has 0 aromatic heterocycles. The number of carbonyl (C=O) groups is 2. The molecule has 0 saturated carbocycles. The molecule has 3 aliphatic carbocycles. The number of benzene rings is 1. The Morgan fingerprint density at radius 3 is 1.81 bits per heavy atom. The van der Waals surface area contributed by atoms with Crippen LogP contribution in [0.3, 0.4) is 0 Å². The largest absolute Gasteiger partial charge is 0.294 e. The SMILES string of the molecule is C=CC1Cc2cc3c(cc2C1)C(=O)[C@@H]1CC=CC[C@@H]1C3=O. The van der Waals surface area contributed by atoms with Gasteiger partial charge in [0.15, 0.2) is 11.6 Å². The van der Waals surface area contributed by atoms with Crippen LogP contribution in [0, 0.1) is 17.8 Å². The summed E-state index contributed by atoms with van der Waals surface area (Å²) in [6, 6.07) is 3.98. The summed E-state index contributed by atoms with van der Waals surface area (Å²) in [5.41, 5.74) is 3.79. The lowest BCUT2D eigenvalue weighted by Gasteiger charge is -2.32. The topological polar surface area (TPSA) is 34.1 Å². The summed E-state index contributed by atoms with van der Waals surface area (Å²) in [6.07, 6.45) is 9.37. The van der Waals surface area contributed by atoms with Crippen LogP contribution in [0.15, 0.2) is 36.9 Å². The van der Waals surface area contributed by atoms with E-state index >= 15 is 0 Å². The molecule has 2 nitrogen and oxygen atoms in total. The number of hydrogen-bond acceptors (Lipinski definition) is 2. The second kappa shape index (κ2) is 4.52. The van der Waals surface area contributed by atoms with E-state index in [-0.39, 0.29) is 23.4 Å². The number of fused-ring (bicyclic) bond motifs is 3. The van der Waals surface area contributed by atoms with Crippen molar-refractivity contribution in [2.24, 2.45) is 17.8 Å². The van der Waals surface area contributed by atoms with Crippen LogP contribution in [0.5, 0.6) is 0 Å². The molecule has 1 aromatic carbocycles. The zero-order valence-electron chi connectivity index (χ0n) is 12.0. The van der Waals surface area contributed by atoms with E-state index in [4.69, 9.17) is 0 Å². The Bertz CT molecular complexity index is 641. The molecule has 3 atom stereocenters. The van der Waals surface area contributed by atoms with Crippen LogP contribution in [0.25, 0.3) is 0 Å². The van der Waals surface area contributed by atoms with Gasteiger partial charge in [-0.3, -0.25) is 9.59 Å². The number of Topliss-reactive ketones (excluding diaryl/α,β-unsaturated/α-hetero) is 2. The van der Waals surface area contributed by atoms with Gasteiger partial charge in [-0.25, -0.2) is 0 Å². The highest BCUT2D eigenvalue weighted by atomic mass is 16.1. The molecule has 0 saturated heterocycles. The molecule has 0 bridgehead atoms. The predicted molar refractivity (Wildman–Crippen MR) is 81.6 cm³/mol. The van der Waals surface area contributed by atoms with E-state index in [9.17, 15) is 9.59 Å². The summed E-state index contributed by atoms with van der Waals surface area (Å²) in [5.74, 6) is 0.514.